The van der Waals surface area contributed by atoms with Crippen molar-refractivity contribution in [3.63, 3.8) is 0 Å². The minimum Gasteiger partial charge on any atom is -0.208 e. The van der Waals surface area contributed by atoms with Crippen LogP contribution in [0.15, 0.2) is 146 Å². The number of hydrogen-bond acceptors (Lipinski definition) is 6. The molecule has 0 aliphatic rings. The highest BCUT2D eigenvalue weighted by molar-refractivity contribution is 5.74. The molecule has 6 nitrogen and oxygen atoms in total. The van der Waals surface area contributed by atoms with Gasteiger partial charge in [-0.3, -0.25) is 0 Å². The van der Waals surface area contributed by atoms with Crippen molar-refractivity contribution >= 4 is 0 Å². The minimum absolute atomic E-state index is 0.0156. The molecule has 0 saturated carbocycles. The van der Waals surface area contributed by atoms with Crippen molar-refractivity contribution in [3.8, 4) is 79.5 Å². The molecule has 0 aliphatic carbocycles. The number of benzene rings is 6. The number of hydrogen-bond donors (Lipinski definition) is 0. The summed E-state index contributed by atoms with van der Waals surface area (Å²) in [6, 6.07) is 51.2. The standard InChI is InChI=1S/C58H60N6/c1-55(2,3)45-21-13-17-41(33-45)51-59-49(60-52(63-51)42-18-14-22-46(34-42)56(4,5)6)39-29-25-37(26-30-39)38-27-31-40(32-28-38)50-61-53(43-19-15-23-47(35-43)57(7,8)9)64-54(62-50)44-20-16-24-48(36-44)58(10,11)12/h13-36H,1-12H3. The maximum atomic E-state index is 5.09. The van der Waals surface area contributed by atoms with Crippen molar-refractivity contribution in [1.29, 1.82) is 0 Å². The molecule has 322 valence electrons. The summed E-state index contributed by atoms with van der Waals surface area (Å²) in [6.07, 6.45) is 0. The van der Waals surface area contributed by atoms with Crippen molar-refractivity contribution < 1.29 is 0 Å². The first-order chi connectivity index (χ1) is 30.2. The number of nitrogens with zero attached hydrogens (tertiary/aromatic N) is 6. The van der Waals surface area contributed by atoms with Crippen LogP contribution in [0.25, 0.3) is 79.5 Å². The zero-order valence-electron chi connectivity index (χ0n) is 39.5. The second-order valence-corrected chi connectivity index (χ2v) is 21.1. The summed E-state index contributed by atoms with van der Waals surface area (Å²) in [5.74, 6) is 3.88. The van der Waals surface area contributed by atoms with Gasteiger partial charge in [-0.2, -0.15) is 0 Å². The number of rotatable bonds is 7. The Morgan fingerprint density at radius 2 is 0.406 bits per heavy atom. The summed E-state index contributed by atoms with van der Waals surface area (Å²) in [5.41, 5.74) is 12.7. The summed E-state index contributed by atoms with van der Waals surface area (Å²) in [7, 11) is 0. The van der Waals surface area contributed by atoms with E-state index in [1.165, 1.54) is 22.3 Å². The van der Waals surface area contributed by atoms with Gasteiger partial charge in [0, 0.05) is 33.4 Å². The van der Waals surface area contributed by atoms with E-state index in [1.54, 1.807) is 0 Å². The van der Waals surface area contributed by atoms with Crippen molar-refractivity contribution in [1.82, 2.24) is 29.9 Å². The van der Waals surface area contributed by atoms with Gasteiger partial charge in [0.15, 0.2) is 34.9 Å². The smallest absolute Gasteiger partial charge is 0.164 e. The van der Waals surface area contributed by atoms with Crippen molar-refractivity contribution in [2.24, 2.45) is 0 Å². The highest BCUT2D eigenvalue weighted by Crippen LogP contribution is 2.34. The molecular formula is C58H60N6. The first-order valence-electron chi connectivity index (χ1n) is 22.4. The molecule has 64 heavy (non-hydrogen) atoms. The molecule has 0 spiro atoms. The SMILES string of the molecule is CC(C)(C)c1cccc(-c2nc(-c3ccc(-c4ccc(-c5nc(-c6cccc(C(C)(C)C)c6)nc(-c6cccc(C(C)(C)C)c6)n5)cc4)cc3)nc(-c3cccc(C(C)(C)C)c3)n2)c1. The molecule has 0 N–H and O–H groups in total. The fraction of sp³-hybridized carbons (Fsp3) is 0.276. The lowest BCUT2D eigenvalue weighted by Gasteiger charge is -2.20. The highest BCUT2D eigenvalue weighted by Gasteiger charge is 2.21. The van der Waals surface area contributed by atoms with Crippen LogP contribution in [0.2, 0.25) is 0 Å². The zero-order chi connectivity index (χ0) is 45.6. The summed E-state index contributed by atoms with van der Waals surface area (Å²) in [5, 5.41) is 0. The van der Waals surface area contributed by atoms with E-state index in [-0.39, 0.29) is 21.7 Å². The van der Waals surface area contributed by atoms with Crippen molar-refractivity contribution in [3.05, 3.63) is 168 Å². The average molecular weight is 841 g/mol. The van der Waals surface area contributed by atoms with Crippen LogP contribution in [0.3, 0.4) is 0 Å². The zero-order valence-corrected chi connectivity index (χ0v) is 39.5. The molecule has 6 aromatic carbocycles. The summed E-state index contributed by atoms with van der Waals surface area (Å²) < 4.78 is 0. The fourth-order valence-electron chi connectivity index (χ4n) is 7.65. The van der Waals surface area contributed by atoms with Gasteiger partial charge in [-0.1, -0.05) is 204 Å². The molecule has 0 amide bonds. The first-order valence-corrected chi connectivity index (χ1v) is 22.4. The van der Waals surface area contributed by atoms with E-state index in [1.807, 2.05) is 0 Å². The topological polar surface area (TPSA) is 77.3 Å². The quantitative estimate of drug-likeness (QED) is 0.159. The van der Waals surface area contributed by atoms with Gasteiger partial charge in [-0.15, -0.1) is 0 Å². The Morgan fingerprint density at radius 3 is 0.609 bits per heavy atom. The van der Waals surface area contributed by atoms with Crippen LogP contribution >= 0.6 is 0 Å². The molecule has 8 aromatic rings. The Balaban J connectivity index is 1.15. The van der Waals surface area contributed by atoms with E-state index in [4.69, 9.17) is 29.9 Å². The van der Waals surface area contributed by atoms with Gasteiger partial charge >= 0.3 is 0 Å². The average Bonchev–Trinajstić information content (AvgIpc) is 3.28. The largest absolute Gasteiger partial charge is 0.208 e. The molecule has 0 bridgehead atoms. The maximum absolute atomic E-state index is 5.09. The van der Waals surface area contributed by atoms with Gasteiger partial charge in [0.2, 0.25) is 0 Å². The molecule has 2 aromatic heterocycles. The second kappa shape index (κ2) is 16.8. The Kier molecular flexibility index (Phi) is 11.5. The third kappa shape index (κ3) is 9.77. The molecule has 0 unspecified atom stereocenters. The van der Waals surface area contributed by atoms with Gasteiger partial charge in [0.1, 0.15) is 0 Å². The normalized spacial score (nSPS) is 12.4. The van der Waals surface area contributed by atoms with Crippen LogP contribution in [0.4, 0.5) is 0 Å². The van der Waals surface area contributed by atoms with Gasteiger partial charge in [0.05, 0.1) is 0 Å². The van der Waals surface area contributed by atoms with Crippen LogP contribution in [-0.2, 0) is 21.7 Å². The monoisotopic (exact) mass is 840 g/mol. The lowest BCUT2D eigenvalue weighted by Crippen LogP contribution is -2.11. The third-order valence-corrected chi connectivity index (χ3v) is 11.8. The van der Waals surface area contributed by atoms with E-state index in [2.05, 4.69) is 229 Å². The van der Waals surface area contributed by atoms with Gasteiger partial charge < -0.3 is 0 Å². The van der Waals surface area contributed by atoms with E-state index < -0.39 is 0 Å². The molecule has 0 radical (unpaired) electrons. The molecule has 6 heteroatoms. The highest BCUT2D eigenvalue weighted by atomic mass is 15.0. The molecule has 2 heterocycles. The minimum atomic E-state index is -0.0156. The van der Waals surface area contributed by atoms with E-state index in [0.29, 0.717) is 34.9 Å². The first kappa shape index (κ1) is 44.0. The van der Waals surface area contributed by atoms with E-state index in [9.17, 15) is 0 Å². The predicted octanol–water partition coefficient (Wildman–Crippen LogP) is 14.9. The van der Waals surface area contributed by atoms with Crippen LogP contribution in [0, 0.1) is 0 Å². The summed E-state index contributed by atoms with van der Waals surface area (Å²) >= 11 is 0. The van der Waals surface area contributed by atoms with Crippen molar-refractivity contribution in [2.75, 3.05) is 0 Å². The third-order valence-electron chi connectivity index (χ3n) is 11.8. The Hall–Kier alpha value is -6.66. The van der Waals surface area contributed by atoms with E-state index in [0.717, 1.165) is 44.5 Å². The van der Waals surface area contributed by atoms with Gasteiger partial charge in [0.25, 0.3) is 0 Å². The molecular weight excluding hydrogens is 781 g/mol. The number of aromatic nitrogens is 6. The second-order valence-electron chi connectivity index (χ2n) is 21.1. The van der Waals surface area contributed by atoms with Crippen molar-refractivity contribution in [2.45, 2.75) is 105 Å². The molecule has 0 fully saturated rings. The van der Waals surface area contributed by atoms with Crippen LogP contribution < -0.4 is 0 Å². The molecule has 0 atom stereocenters. The summed E-state index contributed by atoms with van der Waals surface area (Å²) in [6.45, 7) is 26.7. The van der Waals surface area contributed by atoms with E-state index >= 15 is 0 Å². The Labute approximate surface area is 380 Å². The lowest BCUT2D eigenvalue weighted by atomic mass is 9.86. The maximum Gasteiger partial charge on any atom is 0.164 e. The van der Waals surface area contributed by atoms with Crippen LogP contribution in [-0.4, -0.2) is 29.9 Å². The molecule has 0 saturated heterocycles. The molecule has 0 aliphatic heterocycles. The fourth-order valence-corrected chi connectivity index (χ4v) is 7.65. The summed E-state index contributed by atoms with van der Waals surface area (Å²) in [4.78, 5) is 30.5. The Bertz CT molecular complexity index is 2600. The molecule has 8 rings (SSSR count). The van der Waals surface area contributed by atoms with Gasteiger partial charge in [-0.25, -0.2) is 29.9 Å². The van der Waals surface area contributed by atoms with Crippen LogP contribution in [0.5, 0.6) is 0 Å². The van der Waals surface area contributed by atoms with Gasteiger partial charge in [-0.05, 0) is 79.3 Å². The Morgan fingerprint density at radius 1 is 0.219 bits per heavy atom. The lowest BCUT2D eigenvalue weighted by molar-refractivity contribution is 0.590. The predicted molar refractivity (Wildman–Crippen MR) is 266 cm³/mol. The van der Waals surface area contributed by atoms with Crippen LogP contribution in [0.1, 0.15) is 105 Å².